The molecule has 1 amide bonds. The fourth-order valence-corrected chi connectivity index (χ4v) is 4.82. The number of carbonyl (C=O) groups excluding carboxylic acids is 2. The van der Waals surface area contributed by atoms with Gasteiger partial charge in [-0.2, -0.15) is 0 Å². The van der Waals surface area contributed by atoms with Gasteiger partial charge in [-0.3, -0.25) is 9.59 Å². The fraction of sp³-hybridized carbons (Fsp3) is 0.400. The number of benzene rings is 2. The molecule has 3 rings (SSSR count). The minimum Gasteiger partial charge on any atom is -0.489 e. The molecule has 0 radical (unpaired) electrons. The summed E-state index contributed by atoms with van der Waals surface area (Å²) in [5, 5.41) is 13.3. The van der Waals surface area contributed by atoms with Crippen molar-refractivity contribution in [3.8, 4) is 5.75 Å². The lowest BCUT2D eigenvalue weighted by Gasteiger charge is -2.50. The molecule has 3 atom stereocenters. The van der Waals surface area contributed by atoms with Crippen molar-refractivity contribution < 1.29 is 24.2 Å². The van der Waals surface area contributed by atoms with E-state index >= 15 is 0 Å². The Morgan fingerprint density at radius 2 is 1.70 bits per heavy atom. The van der Waals surface area contributed by atoms with Crippen molar-refractivity contribution in [2.24, 2.45) is 17.3 Å². The summed E-state index contributed by atoms with van der Waals surface area (Å²) in [6.07, 6.45) is 0.572. The van der Waals surface area contributed by atoms with Crippen LogP contribution in [0.25, 0.3) is 0 Å². The highest BCUT2D eigenvalue weighted by atomic mass is 35.5. The molecule has 8 heteroatoms. The van der Waals surface area contributed by atoms with E-state index in [1.807, 2.05) is 13.8 Å². The van der Waals surface area contributed by atoms with Crippen LogP contribution < -0.4 is 10.1 Å². The normalized spacial score (nSPS) is 19.8. The zero-order valence-electron chi connectivity index (χ0n) is 18.7. The first-order chi connectivity index (χ1) is 15.5. The van der Waals surface area contributed by atoms with Gasteiger partial charge in [0, 0.05) is 33.9 Å². The summed E-state index contributed by atoms with van der Waals surface area (Å²) in [6.45, 7) is 5.47. The van der Waals surface area contributed by atoms with Crippen LogP contribution in [0.4, 0.5) is 0 Å². The Bertz CT molecular complexity index is 1030. The summed E-state index contributed by atoms with van der Waals surface area (Å²) < 4.78 is 5.75. The maximum Gasteiger partial charge on any atom is 0.326 e. The lowest BCUT2D eigenvalue weighted by atomic mass is 9.53. The molecule has 176 valence electrons. The van der Waals surface area contributed by atoms with Crippen LogP contribution in [0.5, 0.6) is 5.75 Å². The second kappa shape index (κ2) is 10.1. The SMILES string of the molecule is CC(=O)C1CC(C(=O)N[C@@H](Cc2ccc(OCc3c(Cl)cccc3Cl)cc2)C(=O)O)C1(C)C. The predicted octanol–water partition coefficient (Wildman–Crippen LogP) is 4.94. The number of amides is 1. The van der Waals surface area contributed by atoms with Gasteiger partial charge in [0.15, 0.2) is 0 Å². The highest BCUT2D eigenvalue weighted by Gasteiger charge is 2.53. The van der Waals surface area contributed by atoms with Crippen LogP contribution in [0.15, 0.2) is 42.5 Å². The summed E-state index contributed by atoms with van der Waals surface area (Å²) in [5.74, 6) is -1.38. The van der Waals surface area contributed by atoms with Gasteiger partial charge in [-0.25, -0.2) is 4.79 Å². The van der Waals surface area contributed by atoms with E-state index < -0.39 is 17.4 Å². The Hall–Kier alpha value is -2.57. The van der Waals surface area contributed by atoms with Gasteiger partial charge in [0.2, 0.25) is 5.91 Å². The number of ether oxygens (including phenoxy) is 1. The molecule has 1 aliphatic carbocycles. The number of ketones is 1. The molecular weight excluding hydrogens is 465 g/mol. The molecule has 0 bridgehead atoms. The van der Waals surface area contributed by atoms with Gasteiger partial charge in [-0.05, 0) is 48.6 Å². The molecule has 0 saturated heterocycles. The second-order valence-electron chi connectivity index (χ2n) is 9.01. The molecule has 0 heterocycles. The van der Waals surface area contributed by atoms with E-state index in [2.05, 4.69) is 5.32 Å². The topological polar surface area (TPSA) is 92.7 Å². The lowest BCUT2D eigenvalue weighted by molar-refractivity contribution is -0.152. The number of Topliss-reactive ketones (excluding diaryl/α,β-unsaturated/α-hetero) is 1. The Morgan fingerprint density at radius 3 is 2.21 bits per heavy atom. The smallest absolute Gasteiger partial charge is 0.326 e. The Labute approximate surface area is 203 Å². The first-order valence-corrected chi connectivity index (χ1v) is 11.4. The van der Waals surface area contributed by atoms with Crippen molar-refractivity contribution in [2.75, 3.05) is 0 Å². The number of halogens is 2. The third-order valence-corrected chi connectivity index (χ3v) is 7.21. The lowest BCUT2D eigenvalue weighted by Crippen LogP contribution is -2.57. The Kier molecular flexibility index (Phi) is 7.70. The van der Waals surface area contributed by atoms with Crippen molar-refractivity contribution in [2.45, 2.75) is 46.3 Å². The number of hydrogen-bond acceptors (Lipinski definition) is 4. The van der Waals surface area contributed by atoms with Crippen LogP contribution in [0.3, 0.4) is 0 Å². The van der Waals surface area contributed by atoms with Crippen molar-refractivity contribution in [3.05, 3.63) is 63.6 Å². The fourth-order valence-electron chi connectivity index (χ4n) is 4.32. The zero-order valence-corrected chi connectivity index (χ0v) is 20.2. The molecule has 0 aliphatic heterocycles. The zero-order chi connectivity index (χ0) is 24.3. The van der Waals surface area contributed by atoms with Crippen LogP contribution in [0.2, 0.25) is 10.0 Å². The highest BCUT2D eigenvalue weighted by Crippen LogP contribution is 2.51. The molecule has 2 aromatic rings. The van der Waals surface area contributed by atoms with Crippen LogP contribution >= 0.6 is 23.2 Å². The summed E-state index contributed by atoms with van der Waals surface area (Å²) >= 11 is 12.3. The number of aliphatic carboxylic acids is 1. The van der Waals surface area contributed by atoms with Crippen molar-refractivity contribution in [3.63, 3.8) is 0 Å². The van der Waals surface area contributed by atoms with E-state index in [0.29, 0.717) is 27.8 Å². The number of carbonyl (C=O) groups is 3. The monoisotopic (exact) mass is 491 g/mol. The predicted molar refractivity (Wildman–Crippen MR) is 127 cm³/mol. The minimum atomic E-state index is -1.11. The first-order valence-electron chi connectivity index (χ1n) is 10.7. The van der Waals surface area contributed by atoms with Gasteiger partial charge in [0.1, 0.15) is 24.2 Å². The molecule has 2 N–H and O–H groups in total. The first kappa shape index (κ1) is 25.1. The van der Waals surface area contributed by atoms with Crippen molar-refractivity contribution >= 4 is 40.9 Å². The maximum absolute atomic E-state index is 12.7. The number of carboxylic acids is 1. The summed E-state index contributed by atoms with van der Waals surface area (Å²) in [4.78, 5) is 36.2. The van der Waals surface area contributed by atoms with Gasteiger partial charge in [-0.1, -0.05) is 55.2 Å². The van der Waals surface area contributed by atoms with E-state index in [1.54, 1.807) is 42.5 Å². The number of rotatable bonds is 9. The van der Waals surface area contributed by atoms with Crippen molar-refractivity contribution in [1.29, 1.82) is 0 Å². The third kappa shape index (κ3) is 5.68. The van der Waals surface area contributed by atoms with Gasteiger partial charge >= 0.3 is 5.97 Å². The molecule has 6 nitrogen and oxygen atoms in total. The number of nitrogens with one attached hydrogen (secondary N) is 1. The number of carboxylic acid groups (broad SMARTS) is 1. The van der Waals surface area contributed by atoms with Gasteiger partial charge < -0.3 is 15.2 Å². The molecule has 0 spiro atoms. The van der Waals surface area contributed by atoms with E-state index in [9.17, 15) is 19.5 Å². The van der Waals surface area contributed by atoms with E-state index in [4.69, 9.17) is 27.9 Å². The van der Waals surface area contributed by atoms with E-state index in [0.717, 1.165) is 5.56 Å². The second-order valence-corrected chi connectivity index (χ2v) is 9.82. The van der Waals surface area contributed by atoms with Crippen molar-refractivity contribution in [1.82, 2.24) is 5.32 Å². The highest BCUT2D eigenvalue weighted by molar-refractivity contribution is 6.35. The summed E-state index contributed by atoms with van der Waals surface area (Å²) in [5.41, 5.74) is 0.937. The standard InChI is InChI=1S/C25H27Cl2NO5/c1-14(29)18-12-19(25(18,2)3)23(30)28-22(24(31)32)11-15-7-9-16(10-8-15)33-13-17-20(26)5-4-6-21(17)27/h4-10,18-19,22H,11-13H2,1-3H3,(H,28,30)(H,31,32)/t18?,19?,22-/m0/s1. The van der Waals surface area contributed by atoms with Gasteiger partial charge in [0.05, 0.1) is 0 Å². The summed E-state index contributed by atoms with van der Waals surface area (Å²) in [6, 6.07) is 11.1. The quantitative estimate of drug-likeness (QED) is 0.518. The Balaban J connectivity index is 1.59. The minimum absolute atomic E-state index is 0.0537. The molecule has 0 aromatic heterocycles. The molecular formula is C25H27Cl2NO5. The van der Waals surface area contributed by atoms with E-state index in [1.165, 1.54) is 6.92 Å². The average Bonchev–Trinajstić information content (AvgIpc) is 2.73. The molecule has 1 fully saturated rings. The summed E-state index contributed by atoms with van der Waals surface area (Å²) in [7, 11) is 0. The molecule has 2 aromatic carbocycles. The van der Waals surface area contributed by atoms with Crippen LogP contribution in [-0.4, -0.2) is 28.8 Å². The molecule has 33 heavy (non-hydrogen) atoms. The van der Waals surface area contributed by atoms with Gasteiger partial charge in [-0.15, -0.1) is 0 Å². The third-order valence-electron chi connectivity index (χ3n) is 6.50. The largest absolute Gasteiger partial charge is 0.489 e. The van der Waals surface area contributed by atoms with Crippen LogP contribution in [-0.2, 0) is 27.4 Å². The van der Waals surface area contributed by atoms with Crippen LogP contribution in [0.1, 0.15) is 38.3 Å². The Morgan fingerprint density at radius 1 is 1.09 bits per heavy atom. The van der Waals surface area contributed by atoms with E-state index in [-0.39, 0.29) is 36.6 Å². The molecule has 1 saturated carbocycles. The number of hydrogen-bond donors (Lipinski definition) is 2. The maximum atomic E-state index is 12.7. The average molecular weight is 492 g/mol. The molecule has 2 unspecified atom stereocenters. The molecule has 1 aliphatic rings. The van der Waals surface area contributed by atoms with Gasteiger partial charge in [0.25, 0.3) is 0 Å². The van der Waals surface area contributed by atoms with Crippen LogP contribution in [0, 0.1) is 17.3 Å².